The molecule has 1 heterocycles. The molecule has 0 fully saturated rings. The number of hydrogen-bond donors (Lipinski definition) is 1. The van der Waals surface area contributed by atoms with Crippen LogP contribution in [0.3, 0.4) is 0 Å². The lowest BCUT2D eigenvalue weighted by Crippen LogP contribution is -2.48. The highest BCUT2D eigenvalue weighted by Crippen LogP contribution is 2.43. The molecular weight excluding hydrogens is 232 g/mol. The third-order valence-corrected chi connectivity index (χ3v) is 4.42. The molecule has 2 N–H and O–H groups in total. The van der Waals surface area contributed by atoms with Gasteiger partial charge in [0, 0.05) is 24.3 Å². The van der Waals surface area contributed by atoms with Gasteiger partial charge in [-0.15, -0.1) is 0 Å². The van der Waals surface area contributed by atoms with Crippen LogP contribution in [0.5, 0.6) is 0 Å². The highest BCUT2D eigenvalue weighted by Gasteiger charge is 2.35. The Balaban J connectivity index is 2.41. The molecule has 106 valence electrons. The summed E-state index contributed by atoms with van der Waals surface area (Å²) in [5.41, 5.74) is 10.2. The minimum atomic E-state index is 0.256. The second-order valence-electron chi connectivity index (χ2n) is 6.52. The molecule has 0 spiro atoms. The molecule has 2 nitrogen and oxygen atoms in total. The van der Waals surface area contributed by atoms with Gasteiger partial charge in [0.05, 0.1) is 0 Å². The quantitative estimate of drug-likeness (QED) is 0.885. The lowest BCUT2D eigenvalue weighted by molar-refractivity contribution is 0.373. The van der Waals surface area contributed by atoms with Crippen LogP contribution in [0.2, 0.25) is 0 Å². The van der Waals surface area contributed by atoms with Crippen LogP contribution in [0.1, 0.15) is 64.0 Å². The van der Waals surface area contributed by atoms with Gasteiger partial charge in [-0.05, 0) is 49.8 Å². The van der Waals surface area contributed by atoms with E-state index in [1.54, 1.807) is 0 Å². The topological polar surface area (TPSA) is 29.3 Å². The zero-order valence-electron chi connectivity index (χ0n) is 12.9. The summed E-state index contributed by atoms with van der Waals surface area (Å²) in [5.74, 6) is 0.620. The minimum Gasteiger partial charge on any atom is -0.366 e. The summed E-state index contributed by atoms with van der Waals surface area (Å²) in [6, 6.07) is 6.78. The van der Waals surface area contributed by atoms with Crippen molar-refractivity contribution in [3.05, 3.63) is 29.3 Å². The van der Waals surface area contributed by atoms with Gasteiger partial charge in [0.2, 0.25) is 0 Å². The number of nitrogens with two attached hydrogens (primary N) is 1. The molecule has 0 saturated heterocycles. The van der Waals surface area contributed by atoms with Gasteiger partial charge in [-0.1, -0.05) is 32.4 Å². The average Bonchev–Trinajstić information content (AvgIpc) is 2.37. The summed E-state index contributed by atoms with van der Waals surface area (Å²) in [5, 5.41) is 0. The maximum Gasteiger partial charge on any atom is 0.0406 e. The van der Waals surface area contributed by atoms with E-state index in [0.717, 1.165) is 6.54 Å². The lowest BCUT2D eigenvalue weighted by atomic mass is 9.79. The van der Waals surface area contributed by atoms with Gasteiger partial charge in [-0.3, -0.25) is 0 Å². The van der Waals surface area contributed by atoms with Gasteiger partial charge in [0.25, 0.3) is 0 Å². The maximum atomic E-state index is 5.78. The smallest absolute Gasteiger partial charge is 0.0406 e. The van der Waals surface area contributed by atoms with E-state index in [4.69, 9.17) is 5.73 Å². The van der Waals surface area contributed by atoms with Gasteiger partial charge >= 0.3 is 0 Å². The molecule has 0 radical (unpaired) electrons. The third-order valence-electron chi connectivity index (χ3n) is 4.42. The van der Waals surface area contributed by atoms with Crippen molar-refractivity contribution in [3.63, 3.8) is 0 Å². The van der Waals surface area contributed by atoms with Gasteiger partial charge in [0.1, 0.15) is 0 Å². The molecule has 0 aromatic heterocycles. The van der Waals surface area contributed by atoms with Crippen LogP contribution in [0.25, 0.3) is 0 Å². The molecule has 0 amide bonds. The van der Waals surface area contributed by atoms with Crippen molar-refractivity contribution in [3.8, 4) is 0 Å². The van der Waals surface area contributed by atoms with Crippen molar-refractivity contribution >= 4 is 5.69 Å². The predicted molar refractivity (Wildman–Crippen MR) is 83.7 cm³/mol. The van der Waals surface area contributed by atoms with Gasteiger partial charge in [0.15, 0.2) is 0 Å². The zero-order chi connectivity index (χ0) is 14.0. The van der Waals surface area contributed by atoms with Gasteiger partial charge in [-0.25, -0.2) is 0 Å². The van der Waals surface area contributed by atoms with Gasteiger partial charge < -0.3 is 10.6 Å². The summed E-state index contributed by atoms with van der Waals surface area (Å²) in [4.78, 5) is 2.60. The fraction of sp³-hybridized carbons (Fsp3) is 0.647. The van der Waals surface area contributed by atoms with Crippen molar-refractivity contribution in [2.45, 2.75) is 65.0 Å². The first-order valence-electron chi connectivity index (χ1n) is 7.60. The zero-order valence-corrected chi connectivity index (χ0v) is 12.9. The summed E-state index contributed by atoms with van der Waals surface area (Å²) < 4.78 is 0. The fourth-order valence-corrected chi connectivity index (χ4v) is 3.41. The molecule has 0 aliphatic carbocycles. The van der Waals surface area contributed by atoms with Crippen LogP contribution in [0.4, 0.5) is 5.69 Å². The highest BCUT2D eigenvalue weighted by molar-refractivity contribution is 5.60. The largest absolute Gasteiger partial charge is 0.366 e. The van der Waals surface area contributed by atoms with E-state index in [9.17, 15) is 0 Å². The number of anilines is 1. The standard InChI is InChI=1S/C17H28N2/c1-5-6-9-19-16-8-7-14(12-18)10-15(16)13(2)11-17(19,3)4/h7-8,10,13H,5-6,9,11-12,18H2,1-4H3. The van der Waals surface area contributed by atoms with E-state index in [-0.39, 0.29) is 5.54 Å². The van der Waals surface area contributed by atoms with Crippen molar-refractivity contribution in [1.29, 1.82) is 0 Å². The van der Waals surface area contributed by atoms with E-state index in [2.05, 4.69) is 50.8 Å². The second kappa shape index (κ2) is 5.54. The van der Waals surface area contributed by atoms with Crippen molar-refractivity contribution in [2.75, 3.05) is 11.4 Å². The summed E-state index contributed by atoms with van der Waals surface area (Å²) in [6.07, 6.45) is 3.73. The Labute approximate surface area is 118 Å². The van der Waals surface area contributed by atoms with Gasteiger partial charge in [-0.2, -0.15) is 0 Å². The molecule has 0 bridgehead atoms. The fourth-order valence-electron chi connectivity index (χ4n) is 3.41. The number of rotatable bonds is 4. The molecule has 0 saturated carbocycles. The Hall–Kier alpha value is -1.02. The van der Waals surface area contributed by atoms with E-state index in [1.807, 2.05) is 0 Å². The van der Waals surface area contributed by atoms with Crippen LogP contribution in [0, 0.1) is 0 Å². The molecule has 1 aliphatic heterocycles. The normalized spacial score (nSPS) is 21.3. The molecule has 2 heteroatoms. The Bertz CT molecular complexity index is 437. The minimum absolute atomic E-state index is 0.256. The molecule has 1 aromatic rings. The molecule has 2 rings (SSSR count). The molecule has 1 aromatic carbocycles. The molecule has 1 unspecified atom stereocenters. The van der Waals surface area contributed by atoms with E-state index < -0.39 is 0 Å². The first-order valence-corrected chi connectivity index (χ1v) is 7.60. The summed E-state index contributed by atoms with van der Waals surface area (Å²) in [7, 11) is 0. The first kappa shape index (κ1) is 14.4. The monoisotopic (exact) mass is 260 g/mol. The summed E-state index contributed by atoms with van der Waals surface area (Å²) >= 11 is 0. The maximum absolute atomic E-state index is 5.78. The van der Waals surface area contributed by atoms with Crippen molar-refractivity contribution < 1.29 is 0 Å². The number of benzene rings is 1. The predicted octanol–water partition coefficient (Wildman–Crippen LogP) is 4.04. The first-order chi connectivity index (χ1) is 8.99. The van der Waals surface area contributed by atoms with E-state index in [1.165, 1.54) is 36.1 Å². The number of nitrogens with zero attached hydrogens (tertiary/aromatic N) is 1. The van der Waals surface area contributed by atoms with Crippen LogP contribution in [-0.4, -0.2) is 12.1 Å². The van der Waals surface area contributed by atoms with Crippen molar-refractivity contribution in [1.82, 2.24) is 0 Å². The van der Waals surface area contributed by atoms with Crippen LogP contribution in [0.15, 0.2) is 18.2 Å². The second-order valence-corrected chi connectivity index (χ2v) is 6.52. The molecule has 19 heavy (non-hydrogen) atoms. The number of fused-ring (bicyclic) bond motifs is 1. The SMILES string of the molecule is CCCCN1c2ccc(CN)cc2C(C)CC1(C)C. The van der Waals surface area contributed by atoms with Crippen LogP contribution >= 0.6 is 0 Å². The van der Waals surface area contributed by atoms with E-state index >= 15 is 0 Å². The molecule has 1 atom stereocenters. The Kier molecular flexibility index (Phi) is 4.19. The average molecular weight is 260 g/mol. The van der Waals surface area contributed by atoms with Crippen molar-refractivity contribution in [2.24, 2.45) is 5.73 Å². The number of hydrogen-bond acceptors (Lipinski definition) is 2. The third kappa shape index (κ3) is 2.79. The summed E-state index contributed by atoms with van der Waals surface area (Å²) in [6.45, 7) is 11.2. The molecular formula is C17H28N2. The molecule has 1 aliphatic rings. The van der Waals surface area contributed by atoms with Crippen LogP contribution in [-0.2, 0) is 6.54 Å². The van der Waals surface area contributed by atoms with E-state index in [0.29, 0.717) is 12.5 Å². The van der Waals surface area contributed by atoms with Crippen LogP contribution < -0.4 is 10.6 Å². The Morgan fingerprint density at radius 3 is 2.74 bits per heavy atom. The lowest BCUT2D eigenvalue weighted by Gasteiger charge is -2.48. The highest BCUT2D eigenvalue weighted by atomic mass is 15.2. The Morgan fingerprint density at radius 2 is 2.11 bits per heavy atom. The Morgan fingerprint density at radius 1 is 1.37 bits per heavy atom. The number of unbranched alkanes of at least 4 members (excludes halogenated alkanes) is 1.